The van der Waals surface area contributed by atoms with Gasteiger partial charge in [0.2, 0.25) is 10.0 Å². The van der Waals surface area contributed by atoms with Gasteiger partial charge in [0, 0.05) is 6.04 Å². The van der Waals surface area contributed by atoms with Gasteiger partial charge in [0.15, 0.2) is 0 Å². The minimum absolute atomic E-state index is 0. The molecule has 0 aliphatic heterocycles. The Hall–Kier alpha value is -0.0400. The number of nitrogens with two attached hydrogens (primary N) is 1. The van der Waals surface area contributed by atoms with E-state index in [4.69, 9.17) is 28.9 Å². The van der Waals surface area contributed by atoms with Crippen LogP contribution in [0.15, 0.2) is 18.2 Å². The molecular formula is C13H19Cl3N2O2S. The normalized spacial score (nSPS) is 22.0. The van der Waals surface area contributed by atoms with E-state index in [0.717, 1.165) is 19.3 Å². The van der Waals surface area contributed by atoms with Crippen molar-refractivity contribution in [2.45, 2.75) is 31.1 Å². The van der Waals surface area contributed by atoms with Crippen molar-refractivity contribution in [1.82, 2.24) is 4.72 Å². The van der Waals surface area contributed by atoms with Gasteiger partial charge in [-0.1, -0.05) is 35.7 Å². The second-order valence-corrected chi connectivity index (χ2v) is 7.73. The summed E-state index contributed by atoms with van der Waals surface area (Å²) >= 11 is 11.7. The van der Waals surface area contributed by atoms with Crippen LogP contribution in [0.3, 0.4) is 0 Å². The molecule has 2 unspecified atom stereocenters. The molecule has 0 radical (unpaired) electrons. The summed E-state index contributed by atoms with van der Waals surface area (Å²) in [6, 6.07) is 4.81. The summed E-state index contributed by atoms with van der Waals surface area (Å²) in [5.41, 5.74) is 6.28. The summed E-state index contributed by atoms with van der Waals surface area (Å²) in [4.78, 5) is 0. The minimum Gasteiger partial charge on any atom is -0.330 e. The molecule has 1 aromatic rings. The molecule has 1 saturated carbocycles. The van der Waals surface area contributed by atoms with Crippen LogP contribution in [0.1, 0.15) is 24.8 Å². The quantitative estimate of drug-likeness (QED) is 0.833. The lowest BCUT2D eigenvalue weighted by Crippen LogP contribution is -2.40. The summed E-state index contributed by atoms with van der Waals surface area (Å²) in [7, 11) is -3.40. The van der Waals surface area contributed by atoms with Crippen LogP contribution in [0.25, 0.3) is 0 Å². The Morgan fingerprint density at radius 3 is 2.57 bits per heavy atom. The highest BCUT2D eigenvalue weighted by Crippen LogP contribution is 2.26. The van der Waals surface area contributed by atoms with Crippen molar-refractivity contribution in [1.29, 1.82) is 0 Å². The number of rotatable bonds is 5. The third-order valence-electron chi connectivity index (χ3n) is 3.63. The van der Waals surface area contributed by atoms with Crippen LogP contribution < -0.4 is 10.5 Å². The van der Waals surface area contributed by atoms with Crippen molar-refractivity contribution in [2.24, 2.45) is 11.7 Å². The Labute approximate surface area is 141 Å². The van der Waals surface area contributed by atoms with Crippen molar-refractivity contribution in [3.63, 3.8) is 0 Å². The summed E-state index contributed by atoms with van der Waals surface area (Å²) in [6.07, 6.45) is 2.85. The molecule has 4 nitrogen and oxygen atoms in total. The van der Waals surface area contributed by atoms with Crippen LogP contribution >= 0.6 is 35.6 Å². The Bertz CT molecular complexity index is 581. The van der Waals surface area contributed by atoms with Crippen LogP contribution in [-0.2, 0) is 15.8 Å². The molecule has 0 amide bonds. The average molecular weight is 374 g/mol. The Balaban J connectivity index is 0.00000220. The molecule has 2 rings (SSSR count). The number of hydrogen-bond donors (Lipinski definition) is 2. The third-order valence-corrected chi connectivity index (χ3v) is 5.75. The van der Waals surface area contributed by atoms with E-state index in [-0.39, 0.29) is 30.1 Å². The Morgan fingerprint density at radius 1 is 1.24 bits per heavy atom. The summed E-state index contributed by atoms with van der Waals surface area (Å²) in [5.74, 6) is 0.135. The second-order valence-electron chi connectivity index (χ2n) is 5.16. The maximum atomic E-state index is 12.2. The van der Waals surface area contributed by atoms with E-state index in [9.17, 15) is 8.42 Å². The van der Waals surface area contributed by atoms with E-state index in [2.05, 4.69) is 4.72 Å². The van der Waals surface area contributed by atoms with Crippen LogP contribution in [0.2, 0.25) is 10.0 Å². The first-order valence-corrected chi connectivity index (χ1v) is 8.96. The average Bonchev–Trinajstić information content (AvgIpc) is 2.80. The number of sulfonamides is 1. The van der Waals surface area contributed by atoms with E-state index in [1.807, 2.05) is 0 Å². The monoisotopic (exact) mass is 372 g/mol. The SMILES string of the molecule is Cl.NCC1CCCC1NS(=O)(=O)Cc1ccc(Cl)c(Cl)c1. The zero-order chi connectivity index (χ0) is 14.8. The fraction of sp³-hybridized carbons (Fsp3) is 0.538. The molecule has 21 heavy (non-hydrogen) atoms. The van der Waals surface area contributed by atoms with Gasteiger partial charge in [0.05, 0.1) is 15.8 Å². The van der Waals surface area contributed by atoms with Crippen molar-refractivity contribution in [3.8, 4) is 0 Å². The van der Waals surface area contributed by atoms with Gasteiger partial charge in [-0.15, -0.1) is 12.4 Å². The van der Waals surface area contributed by atoms with Gasteiger partial charge in [0.25, 0.3) is 0 Å². The molecule has 0 heterocycles. The Morgan fingerprint density at radius 2 is 1.95 bits per heavy atom. The lowest BCUT2D eigenvalue weighted by molar-refractivity contribution is 0.452. The molecule has 2 atom stereocenters. The molecule has 1 fully saturated rings. The van der Waals surface area contributed by atoms with Crippen LogP contribution in [0, 0.1) is 5.92 Å². The van der Waals surface area contributed by atoms with Crippen LogP contribution in [0.5, 0.6) is 0 Å². The fourth-order valence-electron chi connectivity index (χ4n) is 2.60. The van der Waals surface area contributed by atoms with Gasteiger partial charge in [-0.2, -0.15) is 0 Å². The van der Waals surface area contributed by atoms with Gasteiger partial charge >= 0.3 is 0 Å². The van der Waals surface area contributed by atoms with Crippen molar-refractivity contribution in [2.75, 3.05) is 6.54 Å². The van der Waals surface area contributed by atoms with Gasteiger partial charge in [-0.3, -0.25) is 0 Å². The molecule has 0 saturated heterocycles. The zero-order valence-corrected chi connectivity index (χ0v) is 14.5. The molecule has 120 valence electrons. The number of nitrogens with one attached hydrogen (secondary N) is 1. The first-order valence-electron chi connectivity index (χ1n) is 6.55. The van der Waals surface area contributed by atoms with Gasteiger partial charge in [0.1, 0.15) is 0 Å². The fourth-order valence-corrected chi connectivity index (χ4v) is 4.39. The van der Waals surface area contributed by atoms with Gasteiger partial charge in [-0.05, 0) is 43.0 Å². The number of hydrogen-bond acceptors (Lipinski definition) is 3. The van der Waals surface area contributed by atoms with Crippen LogP contribution in [-0.4, -0.2) is 21.0 Å². The second kappa shape index (κ2) is 7.99. The van der Waals surface area contributed by atoms with E-state index in [1.54, 1.807) is 18.2 Å². The first kappa shape index (κ1) is 19.0. The zero-order valence-electron chi connectivity index (χ0n) is 11.4. The van der Waals surface area contributed by atoms with Gasteiger partial charge in [-0.25, -0.2) is 13.1 Å². The Kier molecular flexibility index (Phi) is 7.24. The first-order chi connectivity index (χ1) is 9.41. The molecular weight excluding hydrogens is 355 g/mol. The van der Waals surface area contributed by atoms with E-state index < -0.39 is 10.0 Å². The van der Waals surface area contributed by atoms with E-state index >= 15 is 0 Å². The largest absolute Gasteiger partial charge is 0.330 e. The summed E-state index contributed by atoms with van der Waals surface area (Å²) in [5, 5.41) is 0.778. The highest BCUT2D eigenvalue weighted by atomic mass is 35.5. The molecule has 1 aliphatic carbocycles. The predicted octanol–water partition coefficient (Wildman–Crippen LogP) is 2.96. The molecule has 8 heteroatoms. The van der Waals surface area contributed by atoms with E-state index in [1.165, 1.54) is 0 Å². The predicted molar refractivity (Wildman–Crippen MR) is 89.7 cm³/mol. The maximum Gasteiger partial charge on any atom is 0.216 e. The van der Waals surface area contributed by atoms with Gasteiger partial charge < -0.3 is 5.73 Å². The highest BCUT2D eigenvalue weighted by Gasteiger charge is 2.29. The number of benzene rings is 1. The third kappa shape index (κ3) is 5.27. The topological polar surface area (TPSA) is 72.2 Å². The maximum absolute atomic E-state index is 12.2. The van der Waals surface area contributed by atoms with E-state index in [0.29, 0.717) is 22.2 Å². The molecule has 0 bridgehead atoms. The standard InChI is InChI=1S/C13H18Cl2N2O2S.ClH/c14-11-5-4-9(6-12(11)15)8-20(18,19)17-13-3-1-2-10(13)7-16;/h4-6,10,13,17H,1-3,7-8,16H2;1H. The molecule has 1 aliphatic rings. The summed E-state index contributed by atoms with van der Waals surface area (Å²) < 4.78 is 27.1. The number of halogens is 3. The highest BCUT2D eigenvalue weighted by molar-refractivity contribution is 7.88. The lowest BCUT2D eigenvalue weighted by atomic mass is 10.1. The van der Waals surface area contributed by atoms with Crippen molar-refractivity contribution >= 4 is 45.6 Å². The molecule has 0 spiro atoms. The minimum atomic E-state index is -3.40. The molecule has 0 aromatic heterocycles. The van der Waals surface area contributed by atoms with Crippen molar-refractivity contribution in [3.05, 3.63) is 33.8 Å². The lowest BCUT2D eigenvalue weighted by Gasteiger charge is -2.19. The smallest absolute Gasteiger partial charge is 0.216 e. The van der Waals surface area contributed by atoms with Crippen molar-refractivity contribution < 1.29 is 8.42 Å². The van der Waals surface area contributed by atoms with Crippen LogP contribution in [0.4, 0.5) is 0 Å². The molecule has 3 N–H and O–H groups in total. The molecule has 1 aromatic carbocycles. The summed E-state index contributed by atoms with van der Waals surface area (Å²) in [6.45, 7) is 0.514.